The number of hydrogen-bond donors (Lipinski definition) is 3. The van der Waals surface area contributed by atoms with Gasteiger partial charge in [-0.15, -0.1) is 0 Å². The predicted molar refractivity (Wildman–Crippen MR) is 64.4 cm³/mol. The van der Waals surface area contributed by atoms with Crippen molar-refractivity contribution >= 4 is 23.7 Å². The Bertz CT molecular complexity index is 567. The summed E-state index contributed by atoms with van der Waals surface area (Å²) in [7, 11) is 0. The molecule has 1 amide bonds. The molecule has 108 valence electrons. The van der Waals surface area contributed by atoms with Gasteiger partial charge in [0.1, 0.15) is 11.4 Å². The number of nitrogens with zero attached hydrogens (tertiary/aromatic N) is 3. The lowest BCUT2D eigenvalue weighted by Gasteiger charge is -2.18. The number of aromatic carboxylic acids is 1. The fourth-order valence-corrected chi connectivity index (χ4v) is 2.15. The summed E-state index contributed by atoms with van der Waals surface area (Å²) in [5, 5.41) is 30.8. The van der Waals surface area contributed by atoms with Crippen molar-refractivity contribution in [3.63, 3.8) is 0 Å². The van der Waals surface area contributed by atoms with Crippen molar-refractivity contribution in [1.82, 2.24) is 9.78 Å². The van der Waals surface area contributed by atoms with Crippen molar-refractivity contribution in [2.75, 3.05) is 18.1 Å². The van der Waals surface area contributed by atoms with Gasteiger partial charge < -0.3 is 15.3 Å². The quantitative estimate of drug-likeness (QED) is 0.631. The first-order chi connectivity index (χ1) is 9.45. The summed E-state index contributed by atoms with van der Waals surface area (Å²) in [5.74, 6) is -3.71. The average molecular weight is 283 g/mol. The second-order valence-electron chi connectivity index (χ2n) is 4.38. The van der Waals surface area contributed by atoms with Gasteiger partial charge in [-0.05, 0) is 0 Å². The number of carboxylic acid groups (broad SMARTS) is 2. The summed E-state index contributed by atoms with van der Waals surface area (Å²) in [6, 6.07) is 0. The van der Waals surface area contributed by atoms with Crippen LogP contribution in [0.2, 0.25) is 0 Å². The van der Waals surface area contributed by atoms with Gasteiger partial charge in [0.15, 0.2) is 0 Å². The molecule has 9 nitrogen and oxygen atoms in total. The van der Waals surface area contributed by atoms with Gasteiger partial charge in [0.05, 0.1) is 25.3 Å². The van der Waals surface area contributed by atoms with Gasteiger partial charge in [0.25, 0.3) is 0 Å². The fraction of sp³-hybridized carbons (Fsp3) is 0.455. The molecule has 0 aliphatic carbocycles. The minimum atomic E-state index is -1.27. The molecule has 1 aromatic rings. The van der Waals surface area contributed by atoms with E-state index in [1.165, 1.54) is 4.68 Å². The predicted octanol–water partition coefficient (Wildman–Crippen LogP) is -0.989. The van der Waals surface area contributed by atoms with Gasteiger partial charge in [-0.25, -0.2) is 9.48 Å². The maximum Gasteiger partial charge on any atom is 0.341 e. The van der Waals surface area contributed by atoms with Gasteiger partial charge in [-0.3, -0.25) is 14.5 Å². The highest BCUT2D eigenvalue weighted by atomic mass is 16.4. The second-order valence-corrected chi connectivity index (χ2v) is 4.38. The van der Waals surface area contributed by atoms with Crippen LogP contribution in [-0.2, 0) is 16.1 Å². The molecule has 0 saturated carbocycles. The minimum Gasteiger partial charge on any atom is -0.481 e. The summed E-state index contributed by atoms with van der Waals surface area (Å²) >= 11 is 0. The maximum atomic E-state index is 11.9. The molecule has 0 bridgehead atoms. The number of hydrogen-bond acceptors (Lipinski definition) is 5. The fourth-order valence-electron chi connectivity index (χ4n) is 2.15. The zero-order chi connectivity index (χ0) is 14.9. The van der Waals surface area contributed by atoms with Crippen molar-refractivity contribution < 1.29 is 29.7 Å². The molecule has 3 N–H and O–H groups in total. The van der Waals surface area contributed by atoms with E-state index in [9.17, 15) is 14.4 Å². The number of aliphatic hydroxyl groups excluding tert-OH is 1. The van der Waals surface area contributed by atoms with E-state index in [4.69, 9.17) is 15.3 Å². The Morgan fingerprint density at radius 3 is 2.60 bits per heavy atom. The number of aliphatic carboxylic acids is 1. The third-order valence-electron chi connectivity index (χ3n) is 3.08. The van der Waals surface area contributed by atoms with Crippen molar-refractivity contribution in [3.8, 4) is 0 Å². The number of aliphatic hydroxyl groups is 1. The van der Waals surface area contributed by atoms with Gasteiger partial charge in [0.2, 0.25) is 5.91 Å². The lowest BCUT2D eigenvalue weighted by atomic mass is 10.1. The summed E-state index contributed by atoms with van der Waals surface area (Å²) in [6.07, 6.45) is 0.896. The van der Waals surface area contributed by atoms with Gasteiger partial charge in [-0.1, -0.05) is 0 Å². The lowest BCUT2D eigenvalue weighted by molar-refractivity contribution is -0.141. The highest BCUT2D eigenvalue weighted by molar-refractivity contribution is 6.03. The number of rotatable bonds is 5. The molecular formula is C11H13N3O6. The first kappa shape index (κ1) is 14.0. The summed E-state index contributed by atoms with van der Waals surface area (Å²) in [5.41, 5.74) is -0.196. The van der Waals surface area contributed by atoms with E-state index in [1.807, 2.05) is 0 Å². The van der Waals surface area contributed by atoms with E-state index in [-0.39, 0.29) is 37.5 Å². The van der Waals surface area contributed by atoms with Crippen molar-refractivity contribution in [3.05, 3.63) is 11.8 Å². The second kappa shape index (κ2) is 5.29. The molecule has 1 aromatic heterocycles. The molecule has 2 heterocycles. The standard InChI is InChI=1S/C11H13N3O6/c15-2-1-14-9(7(4-12-14)11(19)20)13-5-6(10(17)18)3-8(13)16/h4,6,15H,1-3,5H2,(H,17,18)(H,19,20). The smallest absolute Gasteiger partial charge is 0.341 e. The number of anilines is 1. The summed E-state index contributed by atoms with van der Waals surface area (Å²) < 4.78 is 1.19. The van der Waals surface area contributed by atoms with E-state index in [1.54, 1.807) is 0 Å². The van der Waals surface area contributed by atoms with E-state index >= 15 is 0 Å². The molecule has 0 spiro atoms. The third kappa shape index (κ3) is 2.35. The van der Waals surface area contributed by atoms with E-state index in [0.717, 1.165) is 11.1 Å². The number of carbonyl (C=O) groups excluding carboxylic acids is 1. The van der Waals surface area contributed by atoms with Crippen molar-refractivity contribution in [1.29, 1.82) is 0 Å². The Morgan fingerprint density at radius 1 is 1.40 bits per heavy atom. The Kier molecular flexibility index (Phi) is 3.70. The Labute approximate surface area is 113 Å². The molecule has 9 heteroatoms. The van der Waals surface area contributed by atoms with Gasteiger partial charge >= 0.3 is 11.9 Å². The zero-order valence-electron chi connectivity index (χ0n) is 10.4. The number of carboxylic acids is 2. The van der Waals surface area contributed by atoms with Crippen LogP contribution >= 0.6 is 0 Å². The Morgan fingerprint density at radius 2 is 2.10 bits per heavy atom. The SMILES string of the molecule is O=C(O)c1cnn(CCO)c1N1CC(C(=O)O)CC1=O. The van der Waals surface area contributed by atoms with Gasteiger partial charge in [0, 0.05) is 13.0 Å². The zero-order valence-corrected chi connectivity index (χ0v) is 10.4. The Balaban J connectivity index is 2.40. The highest BCUT2D eigenvalue weighted by Crippen LogP contribution is 2.28. The van der Waals surface area contributed by atoms with Crippen LogP contribution in [0, 0.1) is 5.92 Å². The number of carbonyl (C=O) groups is 3. The molecule has 1 fully saturated rings. The first-order valence-electron chi connectivity index (χ1n) is 5.88. The van der Waals surface area contributed by atoms with Crippen LogP contribution in [0.1, 0.15) is 16.8 Å². The molecule has 1 saturated heterocycles. The maximum absolute atomic E-state index is 11.9. The van der Waals surface area contributed by atoms with E-state index in [2.05, 4.69) is 5.10 Å². The van der Waals surface area contributed by atoms with E-state index < -0.39 is 23.8 Å². The van der Waals surface area contributed by atoms with Crippen LogP contribution in [-0.4, -0.2) is 56.1 Å². The number of amides is 1. The Hall–Kier alpha value is -2.42. The molecule has 0 radical (unpaired) electrons. The molecule has 0 aromatic carbocycles. The minimum absolute atomic E-state index is 0.0142. The highest BCUT2D eigenvalue weighted by Gasteiger charge is 2.38. The number of aromatic nitrogens is 2. The average Bonchev–Trinajstić information content (AvgIpc) is 2.93. The summed E-state index contributed by atoms with van der Waals surface area (Å²) in [6.45, 7) is -0.367. The van der Waals surface area contributed by atoms with Crippen molar-refractivity contribution in [2.24, 2.45) is 5.92 Å². The van der Waals surface area contributed by atoms with Crippen molar-refractivity contribution in [2.45, 2.75) is 13.0 Å². The topological polar surface area (TPSA) is 133 Å². The molecule has 1 aliphatic heterocycles. The molecule has 2 rings (SSSR count). The van der Waals surface area contributed by atoms with Crippen LogP contribution < -0.4 is 4.90 Å². The summed E-state index contributed by atoms with van der Waals surface area (Å²) in [4.78, 5) is 35.1. The molecule has 1 unspecified atom stereocenters. The van der Waals surface area contributed by atoms with Crippen LogP contribution in [0.25, 0.3) is 0 Å². The molecular weight excluding hydrogens is 270 g/mol. The van der Waals surface area contributed by atoms with Crippen LogP contribution in [0.3, 0.4) is 0 Å². The van der Waals surface area contributed by atoms with Crippen LogP contribution in [0.4, 0.5) is 5.82 Å². The van der Waals surface area contributed by atoms with Crippen LogP contribution in [0.5, 0.6) is 0 Å². The molecule has 1 atom stereocenters. The largest absolute Gasteiger partial charge is 0.481 e. The third-order valence-corrected chi connectivity index (χ3v) is 3.08. The van der Waals surface area contributed by atoms with Gasteiger partial charge in [-0.2, -0.15) is 5.10 Å². The first-order valence-corrected chi connectivity index (χ1v) is 5.88. The monoisotopic (exact) mass is 283 g/mol. The van der Waals surface area contributed by atoms with Crippen LogP contribution in [0.15, 0.2) is 6.20 Å². The molecule has 1 aliphatic rings. The normalized spacial score (nSPS) is 18.6. The lowest BCUT2D eigenvalue weighted by Crippen LogP contribution is -2.30. The molecule has 20 heavy (non-hydrogen) atoms. The van der Waals surface area contributed by atoms with E-state index in [0.29, 0.717) is 0 Å².